The molecule has 1 aromatic carbocycles. The summed E-state index contributed by atoms with van der Waals surface area (Å²) in [5.41, 5.74) is 0.835. The van der Waals surface area contributed by atoms with Gasteiger partial charge in [0.25, 0.3) is 0 Å². The lowest BCUT2D eigenvalue weighted by atomic mass is 10.3. The molecular weight excluding hydrogens is 286 g/mol. The summed E-state index contributed by atoms with van der Waals surface area (Å²) in [6.07, 6.45) is 0. The molecule has 116 valence electrons. The standard InChI is InChI=1S/C15H23N3O2S/c1-5-18(10-14(19)16-11(2)3)15(21)17-12-7-6-8-13(9-12)20-4/h6-9,11H,5,10H2,1-4H3,(H,16,19)(H,17,21). The molecule has 1 amide bonds. The van der Waals surface area contributed by atoms with Gasteiger partial charge in [0.2, 0.25) is 5.91 Å². The Balaban J connectivity index is 2.64. The van der Waals surface area contributed by atoms with E-state index in [2.05, 4.69) is 10.6 Å². The summed E-state index contributed by atoms with van der Waals surface area (Å²) in [6.45, 7) is 6.72. The van der Waals surface area contributed by atoms with Crippen molar-refractivity contribution in [2.75, 3.05) is 25.5 Å². The van der Waals surface area contributed by atoms with E-state index in [1.165, 1.54) is 0 Å². The second-order valence-corrected chi connectivity index (χ2v) is 5.29. The fourth-order valence-corrected chi connectivity index (χ4v) is 2.08. The molecule has 2 N–H and O–H groups in total. The molecule has 0 saturated carbocycles. The number of hydrogen-bond acceptors (Lipinski definition) is 3. The first-order valence-electron chi connectivity index (χ1n) is 6.95. The van der Waals surface area contributed by atoms with Gasteiger partial charge in [0, 0.05) is 24.3 Å². The van der Waals surface area contributed by atoms with Crippen molar-refractivity contribution < 1.29 is 9.53 Å². The maximum atomic E-state index is 11.8. The molecule has 0 bridgehead atoms. The number of thiocarbonyl (C=S) groups is 1. The van der Waals surface area contributed by atoms with Crippen LogP contribution in [0.4, 0.5) is 5.69 Å². The summed E-state index contributed by atoms with van der Waals surface area (Å²) < 4.78 is 5.17. The van der Waals surface area contributed by atoms with Crippen LogP contribution >= 0.6 is 12.2 Å². The predicted molar refractivity (Wildman–Crippen MR) is 89.7 cm³/mol. The van der Waals surface area contributed by atoms with Gasteiger partial charge < -0.3 is 20.3 Å². The van der Waals surface area contributed by atoms with Crippen LogP contribution in [0, 0.1) is 0 Å². The van der Waals surface area contributed by atoms with Crippen LogP contribution in [0.3, 0.4) is 0 Å². The van der Waals surface area contributed by atoms with E-state index in [1.54, 1.807) is 7.11 Å². The number of ether oxygens (including phenoxy) is 1. The van der Waals surface area contributed by atoms with E-state index in [9.17, 15) is 4.79 Å². The highest BCUT2D eigenvalue weighted by atomic mass is 32.1. The average Bonchev–Trinajstić information content (AvgIpc) is 2.44. The number of anilines is 1. The first-order chi connectivity index (χ1) is 9.96. The Bertz CT molecular complexity index is 492. The third kappa shape index (κ3) is 5.99. The second-order valence-electron chi connectivity index (χ2n) is 4.90. The van der Waals surface area contributed by atoms with Gasteiger partial charge in [-0.15, -0.1) is 0 Å². The molecule has 0 aliphatic carbocycles. The molecule has 0 aliphatic rings. The van der Waals surface area contributed by atoms with Crippen molar-refractivity contribution in [1.82, 2.24) is 10.2 Å². The van der Waals surface area contributed by atoms with Crippen molar-refractivity contribution in [3.05, 3.63) is 24.3 Å². The summed E-state index contributed by atoms with van der Waals surface area (Å²) in [4.78, 5) is 13.6. The molecule has 0 aromatic heterocycles. The Morgan fingerprint density at radius 3 is 2.71 bits per heavy atom. The lowest BCUT2D eigenvalue weighted by molar-refractivity contribution is -0.121. The Morgan fingerprint density at radius 1 is 1.43 bits per heavy atom. The summed E-state index contributed by atoms with van der Waals surface area (Å²) >= 11 is 5.36. The number of likely N-dealkylation sites (N-methyl/N-ethyl adjacent to an activating group) is 1. The van der Waals surface area contributed by atoms with Gasteiger partial charge in [0.05, 0.1) is 13.7 Å². The highest BCUT2D eigenvalue weighted by Crippen LogP contribution is 2.17. The number of carbonyl (C=O) groups is 1. The Labute approximate surface area is 131 Å². The van der Waals surface area contributed by atoms with E-state index in [4.69, 9.17) is 17.0 Å². The maximum Gasteiger partial charge on any atom is 0.239 e. The molecule has 0 heterocycles. The SMILES string of the molecule is CCN(CC(=O)NC(C)C)C(=S)Nc1cccc(OC)c1. The van der Waals surface area contributed by atoms with Crippen LogP contribution < -0.4 is 15.4 Å². The van der Waals surface area contributed by atoms with Crippen LogP contribution in [0.15, 0.2) is 24.3 Å². The number of rotatable bonds is 6. The van der Waals surface area contributed by atoms with Gasteiger partial charge in [0.15, 0.2) is 5.11 Å². The third-order valence-electron chi connectivity index (χ3n) is 2.77. The van der Waals surface area contributed by atoms with Gasteiger partial charge in [-0.05, 0) is 45.1 Å². The quantitative estimate of drug-likeness (QED) is 0.789. The summed E-state index contributed by atoms with van der Waals surface area (Å²) in [7, 11) is 1.62. The highest BCUT2D eigenvalue weighted by Gasteiger charge is 2.13. The highest BCUT2D eigenvalue weighted by molar-refractivity contribution is 7.80. The molecule has 5 nitrogen and oxygen atoms in total. The topological polar surface area (TPSA) is 53.6 Å². The van der Waals surface area contributed by atoms with Crippen molar-refractivity contribution in [2.24, 2.45) is 0 Å². The Hall–Kier alpha value is -1.82. The van der Waals surface area contributed by atoms with Gasteiger partial charge in [-0.1, -0.05) is 6.07 Å². The lowest BCUT2D eigenvalue weighted by Crippen LogP contribution is -2.44. The second kappa shape index (κ2) is 8.46. The van der Waals surface area contributed by atoms with Gasteiger partial charge in [-0.2, -0.15) is 0 Å². The van der Waals surface area contributed by atoms with Gasteiger partial charge in [-0.25, -0.2) is 0 Å². The molecular formula is C15H23N3O2S. The number of carbonyl (C=O) groups excluding carboxylic acids is 1. The molecule has 0 aliphatic heterocycles. The van der Waals surface area contributed by atoms with Crippen molar-refractivity contribution in [3.63, 3.8) is 0 Å². The molecule has 0 fully saturated rings. The predicted octanol–water partition coefficient (Wildman–Crippen LogP) is 2.24. The molecule has 0 spiro atoms. The normalized spacial score (nSPS) is 10.1. The third-order valence-corrected chi connectivity index (χ3v) is 3.13. The van der Waals surface area contributed by atoms with Crippen molar-refractivity contribution in [2.45, 2.75) is 26.8 Å². The first kappa shape index (κ1) is 17.2. The van der Waals surface area contributed by atoms with Crippen molar-refractivity contribution >= 4 is 28.9 Å². The minimum atomic E-state index is -0.0401. The zero-order chi connectivity index (χ0) is 15.8. The number of nitrogens with one attached hydrogen (secondary N) is 2. The Morgan fingerprint density at radius 2 is 2.14 bits per heavy atom. The molecule has 6 heteroatoms. The van der Waals surface area contributed by atoms with E-state index >= 15 is 0 Å². The Kier molecular flexibility index (Phi) is 6.94. The zero-order valence-electron chi connectivity index (χ0n) is 13.0. The van der Waals surface area contributed by atoms with Gasteiger partial charge in [0.1, 0.15) is 5.75 Å². The van der Waals surface area contributed by atoms with Crippen LogP contribution in [-0.2, 0) is 4.79 Å². The largest absolute Gasteiger partial charge is 0.497 e. The van der Waals surface area contributed by atoms with Crippen LogP contribution in [0.5, 0.6) is 5.75 Å². The van der Waals surface area contributed by atoms with E-state index < -0.39 is 0 Å². The van der Waals surface area contributed by atoms with Crippen LogP contribution in [0.1, 0.15) is 20.8 Å². The van der Waals surface area contributed by atoms with E-state index in [0.717, 1.165) is 11.4 Å². The molecule has 0 atom stereocenters. The van der Waals surface area contributed by atoms with Crippen LogP contribution in [-0.4, -0.2) is 42.2 Å². The number of amides is 1. The van der Waals surface area contributed by atoms with Crippen LogP contribution in [0.2, 0.25) is 0 Å². The smallest absolute Gasteiger partial charge is 0.239 e. The lowest BCUT2D eigenvalue weighted by Gasteiger charge is -2.24. The fourth-order valence-electron chi connectivity index (χ4n) is 1.77. The number of benzene rings is 1. The van der Waals surface area contributed by atoms with Crippen molar-refractivity contribution in [1.29, 1.82) is 0 Å². The maximum absolute atomic E-state index is 11.8. The van der Waals surface area contributed by atoms with Crippen molar-refractivity contribution in [3.8, 4) is 5.75 Å². The van der Waals surface area contributed by atoms with Gasteiger partial charge >= 0.3 is 0 Å². The zero-order valence-corrected chi connectivity index (χ0v) is 13.8. The monoisotopic (exact) mass is 309 g/mol. The van der Waals surface area contributed by atoms with E-state index in [-0.39, 0.29) is 18.5 Å². The molecule has 21 heavy (non-hydrogen) atoms. The minimum Gasteiger partial charge on any atom is -0.497 e. The van der Waals surface area contributed by atoms with Gasteiger partial charge in [-0.3, -0.25) is 4.79 Å². The molecule has 1 aromatic rings. The average molecular weight is 309 g/mol. The van der Waals surface area contributed by atoms with Crippen LogP contribution in [0.25, 0.3) is 0 Å². The molecule has 0 saturated heterocycles. The summed E-state index contributed by atoms with van der Waals surface area (Å²) in [6, 6.07) is 7.62. The first-order valence-corrected chi connectivity index (χ1v) is 7.36. The molecule has 0 radical (unpaired) electrons. The fraction of sp³-hybridized carbons (Fsp3) is 0.467. The minimum absolute atomic E-state index is 0.0401. The molecule has 0 unspecified atom stereocenters. The summed E-state index contributed by atoms with van der Waals surface area (Å²) in [5.74, 6) is 0.713. The number of methoxy groups -OCH3 is 1. The number of hydrogen-bond donors (Lipinski definition) is 2. The summed E-state index contributed by atoms with van der Waals surface area (Å²) in [5, 5.41) is 6.50. The van der Waals surface area contributed by atoms with E-state index in [0.29, 0.717) is 11.7 Å². The molecule has 1 rings (SSSR count). The van der Waals surface area contributed by atoms with E-state index in [1.807, 2.05) is 49.9 Å². The number of nitrogens with zero attached hydrogens (tertiary/aromatic N) is 1.